The Hall–Kier alpha value is -3.85. The third kappa shape index (κ3) is 7.67. The highest BCUT2D eigenvalue weighted by Gasteiger charge is 2.43. The zero-order valence-electron chi connectivity index (χ0n) is 27.4. The molecule has 0 saturated heterocycles. The molecule has 0 atom stereocenters. The molecule has 0 unspecified atom stereocenters. The minimum absolute atomic E-state index is 0.292. The van der Waals surface area contributed by atoms with E-state index >= 15 is 0 Å². The van der Waals surface area contributed by atoms with E-state index < -0.39 is 0 Å². The van der Waals surface area contributed by atoms with Crippen LogP contribution in [0.4, 0.5) is 5.69 Å². The van der Waals surface area contributed by atoms with Crippen LogP contribution in [0, 0.1) is 0 Å². The van der Waals surface area contributed by atoms with Crippen LogP contribution in [0.5, 0.6) is 0 Å². The van der Waals surface area contributed by atoms with Gasteiger partial charge in [0.05, 0.1) is 36.6 Å². The number of benzene rings is 4. The number of ether oxygens (including phenoxy) is 4. The van der Waals surface area contributed by atoms with Crippen molar-refractivity contribution < 1.29 is 18.9 Å². The van der Waals surface area contributed by atoms with Gasteiger partial charge in [-0.05, 0) is 84.3 Å². The summed E-state index contributed by atoms with van der Waals surface area (Å²) in [6.45, 7) is 8.96. The quantitative estimate of drug-likeness (QED) is 0.0617. The van der Waals surface area contributed by atoms with Crippen LogP contribution in [0.3, 0.4) is 0 Å². The molecule has 0 radical (unpaired) electrons. The molecule has 2 N–H and O–H groups in total. The van der Waals surface area contributed by atoms with Crippen LogP contribution < -0.4 is 5.73 Å². The SMILES string of the molecule is CCOCCOCCC1(CCOCCOCC)c2cc(N)ccc2-c2ccc(C=Cc3ccc(-c4nc5ccccc5s4)cc3)cc21. The number of anilines is 1. The van der Waals surface area contributed by atoms with E-state index in [1.165, 1.54) is 27.0 Å². The second-order valence-electron chi connectivity index (χ2n) is 11.8. The van der Waals surface area contributed by atoms with Crippen molar-refractivity contribution in [2.75, 3.05) is 58.6 Å². The van der Waals surface area contributed by atoms with Crippen LogP contribution in [0.25, 0.3) is 44.1 Å². The maximum absolute atomic E-state index is 6.41. The summed E-state index contributed by atoms with van der Waals surface area (Å²) in [5, 5.41) is 1.04. The first kappa shape index (κ1) is 33.1. The standard InChI is InChI=1S/C40H44N2O4S/c1-3-43-23-25-45-21-19-40(20-22-46-26-24-44-4-2)35-27-30(13-17-33(35)34-18-16-32(41)28-36(34)40)10-9-29-11-14-31(15-12-29)39-42-37-7-5-6-8-38(37)47-39/h5-18,27-28H,3-4,19-26,41H2,1-2H3. The van der Waals surface area contributed by atoms with Crippen molar-refractivity contribution >= 4 is 39.4 Å². The van der Waals surface area contributed by atoms with E-state index in [0.717, 1.165) is 45.7 Å². The number of rotatable bonds is 17. The third-order valence-electron chi connectivity index (χ3n) is 8.83. The molecule has 6 nitrogen and oxygen atoms in total. The maximum atomic E-state index is 6.41. The monoisotopic (exact) mass is 648 g/mol. The minimum Gasteiger partial charge on any atom is -0.399 e. The Labute approximate surface area is 282 Å². The summed E-state index contributed by atoms with van der Waals surface area (Å²) in [6.07, 6.45) is 6.02. The Balaban J connectivity index is 1.26. The van der Waals surface area contributed by atoms with E-state index in [-0.39, 0.29) is 5.41 Å². The lowest BCUT2D eigenvalue weighted by Gasteiger charge is -2.33. The van der Waals surface area contributed by atoms with Crippen molar-refractivity contribution in [2.45, 2.75) is 32.1 Å². The molecule has 6 rings (SSSR count). The summed E-state index contributed by atoms with van der Waals surface area (Å²) >= 11 is 1.73. The van der Waals surface area contributed by atoms with Gasteiger partial charge in [-0.2, -0.15) is 0 Å². The normalized spacial score (nSPS) is 13.4. The third-order valence-corrected chi connectivity index (χ3v) is 9.91. The lowest BCUT2D eigenvalue weighted by molar-refractivity contribution is 0.0356. The predicted molar refractivity (Wildman–Crippen MR) is 195 cm³/mol. The highest BCUT2D eigenvalue weighted by molar-refractivity contribution is 7.21. The molecule has 0 spiro atoms. The van der Waals surface area contributed by atoms with Gasteiger partial charge >= 0.3 is 0 Å². The summed E-state index contributed by atoms with van der Waals surface area (Å²) in [5.74, 6) is 0. The Kier molecular flexibility index (Phi) is 11.1. The number of aromatic nitrogens is 1. The number of nitrogens with zero attached hydrogens (tertiary/aromatic N) is 1. The van der Waals surface area contributed by atoms with Gasteiger partial charge in [0.25, 0.3) is 0 Å². The Morgan fingerprint density at radius 3 is 1.94 bits per heavy atom. The molecule has 0 amide bonds. The van der Waals surface area contributed by atoms with Gasteiger partial charge in [0.15, 0.2) is 0 Å². The van der Waals surface area contributed by atoms with Crippen molar-refractivity contribution in [1.82, 2.24) is 4.98 Å². The van der Waals surface area contributed by atoms with E-state index in [4.69, 9.17) is 29.7 Å². The Morgan fingerprint density at radius 1 is 0.660 bits per heavy atom. The van der Waals surface area contributed by atoms with Gasteiger partial charge in [0.2, 0.25) is 0 Å². The molecule has 244 valence electrons. The van der Waals surface area contributed by atoms with Crippen LogP contribution in [0.2, 0.25) is 0 Å². The molecule has 4 aromatic carbocycles. The number of fused-ring (bicyclic) bond motifs is 4. The minimum atomic E-state index is -0.292. The van der Waals surface area contributed by atoms with Gasteiger partial charge < -0.3 is 24.7 Å². The fourth-order valence-electron chi connectivity index (χ4n) is 6.44. The van der Waals surface area contributed by atoms with Gasteiger partial charge in [-0.1, -0.05) is 72.8 Å². The summed E-state index contributed by atoms with van der Waals surface area (Å²) in [5.41, 5.74) is 16.4. The van der Waals surface area contributed by atoms with Crippen molar-refractivity contribution in [3.05, 3.63) is 107 Å². The summed E-state index contributed by atoms with van der Waals surface area (Å²) in [4.78, 5) is 4.82. The number of nitrogens with two attached hydrogens (primary N) is 1. The van der Waals surface area contributed by atoms with Gasteiger partial charge in [-0.3, -0.25) is 0 Å². The molecule has 0 bridgehead atoms. The molecule has 1 aliphatic rings. The van der Waals surface area contributed by atoms with Crippen LogP contribution in [0.15, 0.2) is 84.9 Å². The number of hydrogen-bond acceptors (Lipinski definition) is 7. The van der Waals surface area contributed by atoms with Crippen molar-refractivity contribution in [3.8, 4) is 21.7 Å². The molecule has 47 heavy (non-hydrogen) atoms. The predicted octanol–water partition coefficient (Wildman–Crippen LogP) is 8.87. The van der Waals surface area contributed by atoms with Crippen LogP contribution in [0.1, 0.15) is 48.9 Å². The highest BCUT2D eigenvalue weighted by Crippen LogP contribution is 2.53. The lowest BCUT2D eigenvalue weighted by atomic mass is 9.72. The van der Waals surface area contributed by atoms with Crippen LogP contribution in [-0.2, 0) is 24.4 Å². The Bertz CT molecular complexity index is 1750. The molecule has 1 aliphatic carbocycles. The van der Waals surface area contributed by atoms with Crippen molar-refractivity contribution in [3.63, 3.8) is 0 Å². The first-order valence-electron chi connectivity index (χ1n) is 16.6. The topological polar surface area (TPSA) is 75.8 Å². The average Bonchev–Trinajstić information content (AvgIpc) is 3.64. The van der Waals surface area contributed by atoms with Crippen molar-refractivity contribution in [1.29, 1.82) is 0 Å². The molecule has 5 aromatic rings. The lowest BCUT2D eigenvalue weighted by Crippen LogP contribution is -2.30. The number of hydrogen-bond donors (Lipinski definition) is 1. The fourth-order valence-corrected chi connectivity index (χ4v) is 7.42. The second-order valence-corrected chi connectivity index (χ2v) is 12.8. The summed E-state index contributed by atoms with van der Waals surface area (Å²) in [6, 6.07) is 30.0. The summed E-state index contributed by atoms with van der Waals surface area (Å²) < 4.78 is 24.4. The van der Waals surface area contributed by atoms with Gasteiger partial charge in [-0.15, -0.1) is 11.3 Å². The number of para-hydroxylation sites is 1. The first-order valence-corrected chi connectivity index (χ1v) is 17.4. The Morgan fingerprint density at radius 2 is 1.26 bits per heavy atom. The van der Waals surface area contributed by atoms with Crippen LogP contribution in [-0.4, -0.2) is 57.8 Å². The molecule has 0 fully saturated rings. The zero-order chi connectivity index (χ0) is 32.5. The highest BCUT2D eigenvalue weighted by atomic mass is 32.1. The molecule has 0 saturated carbocycles. The molecule has 7 heteroatoms. The van der Waals surface area contributed by atoms with Crippen molar-refractivity contribution in [2.24, 2.45) is 0 Å². The second kappa shape index (κ2) is 15.8. The average molecular weight is 649 g/mol. The van der Waals surface area contributed by atoms with E-state index in [9.17, 15) is 0 Å². The summed E-state index contributed by atoms with van der Waals surface area (Å²) in [7, 11) is 0. The molecule has 1 heterocycles. The van der Waals surface area contributed by atoms with Gasteiger partial charge in [0, 0.05) is 43.1 Å². The molecule has 0 aliphatic heterocycles. The first-order chi connectivity index (χ1) is 23.1. The molecule has 1 aromatic heterocycles. The number of nitrogen functional groups attached to an aromatic ring is 1. The smallest absolute Gasteiger partial charge is 0.124 e. The number of thiazole rings is 1. The maximum Gasteiger partial charge on any atom is 0.124 e. The van der Waals surface area contributed by atoms with E-state index in [0.29, 0.717) is 52.9 Å². The van der Waals surface area contributed by atoms with E-state index in [1.54, 1.807) is 11.3 Å². The van der Waals surface area contributed by atoms with Gasteiger partial charge in [-0.25, -0.2) is 4.98 Å². The molecular weight excluding hydrogens is 605 g/mol. The van der Waals surface area contributed by atoms with E-state index in [2.05, 4.69) is 84.9 Å². The van der Waals surface area contributed by atoms with Gasteiger partial charge in [0.1, 0.15) is 5.01 Å². The van der Waals surface area contributed by atoms with E-state index in [1.807, 2.05) is 26.0 Å². The fraction of sp³-hybridized carbons (Fsp3) is 0.325. The van der Waals surface area contributed by atoms with Crippen LogP contribution >= 0.6 is 11.3 Å². The zero-order valence-corrected chi connectivity index (χ0v) is 28.2. The largest absolute Gasteiger partial charge is 0.399 e. The molecular formula is C40H44N2O4S.